The number of carbonyl (C=O) groups is 2. The van der Waals surface area contributed by atoms with Crippen molar-refractivity contribution in [3.8, 4) is 11.5 Å². The number of carboxylic acid groups (broad SMARTS) is 1. The van der Waals surface area contributed by atoms with E-state index >= 15 is 0 Å². The first-order valence-electron chi connectivity index (χ1n) is 12.5. The van der Waals surface area contributed by atoms with Gasteiger partial charge in [0.15, 0.2) is 6.10 Å². The molecule has 0 radical (unpaired) electrons. The van der Waals surface area contributed by atoms with Crippen LogP contribution in [0.4, 0.5) is 9.18 Å². The molecule has 0 heterocycles. The van der Waals surface area contributed by atoms with E-state index in [1.165, 1.54) is 23.1 Å². The fourth-order valence-corrected chi connectivity index (χ4v) is 4.25. The van der Waals surface area contributed by atoms with E-state index in [9.17, 15) is 19.1 Å². The van der Waals surface area contributed by atoms with Crippen LogP contribution in [0, 0.1) is 5.82 Å². The second-order valence-corrected chi connectivity index (χ2v) is 9.49. The number of amides is 1. The summed E-state index contributed by atoms with van der Waals surface area (Å²) in [6.45, 7) is 2.94. The largest absolute Gasteiger partial charge is 0.492 e. The zero-order valence-corrected chi connectivity index (χ0v) is 23.4. The maximum atomic E-state index is 13.6. The lowest BCUT2D eigenvalue weighted by atomic mass is 10.1. The van der Waals surface area contributed by atoms with Crippen molar-refractivity contribution in [1.82, 2.24) is 4.90 Å². The molecule has 0 fully saturated rings. The van der Waals surface area contributed by atoms with Gasteiger partial charge in [0.05, 0.1) is 19.8 Å². The number of nitrogens with zero attached hydrogens (tertiary/aromatic N) is 1. The molecule has 0 saturated carbocycles. The van der Waals surface area contributed by atoms with Crippen LogP contribution in [-0.2, 0) is 27.3 Å². The van der Waals surface area contributed by atoms with E-state index in [0.29, 0.717) is 22.4 Å². The van der Waals surface area contributed by atoms with Crippen molar-refractivity contribution in [2.24, 2.45) is 0 Å². The van der Waals surface area contributed by atoms with Gasteiger partial charge in [0, 0.05) is 35.7 Å². The first-order valence-corrected chi connectivity index (χ1v) is 13.3. The van der Waals surface area contributed by atoms with E-state index in [1.807, 2.05) is 0 Å². The zero-order valence-electron chi connectivity index (χ0n) is 21.9. The number of ether oxygens (including phenoxy) is 4. The fourth-order valence-electron chi connectivity index (χ4n) is 3.68. The molecule has 11 heteroatoms. The van der Waals surface area contributed by atoms with Gasteiger partial charge in [-0.15, -0.1) is 0 Å². The number of rotatable bonds is 15. The molecule has 0 bridgehead atoms. The average molecular weight is 594 g/mol. The lowest BCUT2D eigenvalue weighted by Crippen LogP contribution is -2.39. The zero-order chi connectivity index (χ0) is 28.9. The summed E-state index contributed by atoms with van der Waals surface area (Å²) in [5.74, 6) is -0.928. The Hall–Kier alpha value is -3.37. The molecule has 1 unspecified atom stereocenters. The minimum Gasteiger partial charge on any atom is -0.492 e. The SMILES string of the molecule is CCOC(Cc1ccc(OCCN(CCOCc2cc(Cl)cc(Cl)c2)C(=O)Oc2cccc(F)c2)cc1)C(=O)O. The summed E-state index contributed by atoms with van der Waals surface area (Å²) >= 11 is 12.1. The molecule has 0 aliphatic heterocycles. The van der Waals surface area contributed by atoms with Gasteiger partial charge in [-0.2, -0.15) is 0 Å². The Balaban J connectivity index is 1.55. The molecule has 0 saturated heterocycles. The summed E-state index contributed by atoms with van der Waals surface area (Å²) in [7, 11) is 0. The van der Waals surface area contributed by atoms with Crippen molar-refractivity contribution in [2.45, 2.75) is 26.1 Å². The molecule has 3 aromatic rings. The molecule has 0 aromatic heterocycles. The van der Waals surface area contributed by atoms with Gasteiger partial charge in [-0.05, 0) is 60.5 Å². The van der Waals surface area contributed by atoms with Crippen LogP contribution in [0.1, 0.15) is 18.1 Å². The summed E-state index contributed by atoms with van der Waals surface area (Å²) < 4.78 is 35.6. The summed E-state index contributed by atoms with van der Waals surface area (Å²) in [6, 6.07) is 17.4. The minimum atomic E-state index is -1.02. The van der Waals surface area contributed by atoms with Gasteiger partial charge in [-0.3, -0.25) is 0 Å². The monoisotopic (exact) mass is 593 g/mol. The van der Waals surface area contributed by atoms with Crippen LogP contribution < -0.4 is 9.47 Å². The molecule has 1 amide bonds. The van der Waals surface area contributed by atoms with E-state index in [0.717, 1.165) is 17.2 Å². The Morgan fingerprint density at radius 3 is 2.27 bits per heavy atom. The third-order valence-corrected chi connectivity index (χ3v) is 6.01. The van der Waals surface area contributed by atoms with Crippen LogP contribution in [0.15, 0.2) is 66.7 Å². The first kappa shape index (κ1) is 31.2. The molecule has 40 heavy (non-hydrogen) atoms. The van der Waals surface area contributed by atoms with Crippen molar-refractivity contribution in [2.75, 3.05) is 32.9 Å². The van der Waals surface area contributed by atoms with E-state index in [-0.39, 0.29) is 45.1 Å². The van der Waals surface area contributed by atoms with Crippen molar-refractivity contribution < 1.29 is 38.0 Å². The summed E-state index contributed by atoms with van der Waals surface area (Å²) in [6.07, 6.45) is -1.38. The molecule has 0 spiro atoms. The van der Waals surface area contributed by atoms with E-state index in [4.69, 9.17) is 42.1 Å². The van der Waals surface area contributed by atoms with Crippen LogP contribution in [0.3, 0.4) is 0 Å². The van der Waals surface area contributed by atoms with Gasteiger partial charge in [0.1, 0.15) is 23.9 Å². The molecular weight excluding hydrogens is 564 g/mol. The highest BCUT2D eigenvalue weighted by Crippen LogP contribution is 2.20. The van der Waals surface area contributed by atoms with E-state index in [2.05, 4.69) is 0 Å². The lowest BCUT2D eigenvalue weighted by molar-refractivity contribution is -0.149. The smallest absolute Gasteiger partial charge is 0.415 e. The summed E-state index contributed by atoms with van der Waals surface area (Å²) in [5.41, 5.74) is 1.57. The Morgan fingerprint density at radius 2 is 1.62 bits per heavy atom. The highest BCUT2D eigenvalue weighted by atomic mass is 35.5. The maximum absolute atomic E-state index is 13.6. The predicted octanol–water partition coefficient (Wildman–Crippen LogP) is 6.26. The summed E-state index contributed by atoms with van der Waals surface area (Å²) in [4.78, 5) is 25.6. The van der Waals surface area contributed by atoms with Crippen LogP contribution in [-0.4, -0.2) is 61.1 Å². The van der Waals surface area contributed by atoms with Gasteiger partial charge < -0.3 is 29.0 Å². The Bertz CT molecular complexity index is 1240. The van der Waals surface area contributed by atoms with Crippen LogP contribution >= 0.6 is 23.2 Å². The number of carbonyl (C=O) groups excluding carboxylic acids is 1. The molecule has 214 valence electrons. The number of aliphatic carboxylic acids is 1. The predicted molar refractivity (Wildman–Crippen MR) is 149 cm³/mol. The topological polar surface area (TPSA) is 94.5 Å². The normalized spacial score (nSPS) is 11.6. The van der Waals surface area contributed by atoms with E-state index in [1.54, 1.807) is 49.4 Å². The van der Waals surface area contributed by atoms with Crippen LogP contribution in [0.2, 0.25) is 10.0 Å². The second-order valence-electron chi connectivity index (χ2n) is 8.62. The van der Waals surface area contributed by atoms with Gasteiger partial charge >= 0.3 is 12.1 Å². The quantitative estimate of drug-likeness (QED) is 0.208. The van der Waals surface area contributed by atoms with Gasteiger partial charge in [-0.25, -0.2) is 14.0 Å². The molecule has 0 aliphatic carbocycles. The van der Waals surface area contributed by atoms with Crippen molar-refractivity contribution >= 4 is 35.3 Å². The summed E-state index contributed by atoms with van der Waals surface area (Å²) in [5, 5.41) is 10.3. The lowest BCUT2D eigenvalue weighted by Gasteiger charge is -2.22. The third kappa shape index (κ3) is 10.7. The van der Waals surface area contributed by atoms with Crippen molar-refractivity contribution in [3.63, 3.8) is 0 Å². The first-order chi connectivity index (χ1) is 19.2. The highest BCUT2D eigenvalue weighted by molar-refractivity contribution is 6.34. The highest BCUT2D eigenvalue weighted by Gasteiger charge is 2.19. The van der Waals surface area contributed by atoms with Crippen molar-refractivity contribution in [3.05, 3.63) is 93.7 Å². The standard InChI is InChI=1S/C29H30Cl2FNO7/c1-2-38-27(28(34)35)16-20-6-8-25(9-7-20)39-13-11-33(29(36)40-26-5-3-4-24(32)18-26)10-12-37-19-21-14-22(30)17-23(31)15-21/h3-9,14-15,17-18,27H,2,10-13,16,19H2,1H3,(H,34,35). The molecule has 8 nitrogen and oxygen atoms in total. The number of halogens is 3. The third-order valence-electron chi connectivity index (χ3n) is 5.57. The van der Waals surface area contributed by atoms with Gasteiger partial charge in [0.2, 0.25) is 0 Å². The van der Waals surface area contributed by atoms with Gasteiger partial charge in [0.25, 0.3) is 0 Å². The second kappa shape index (κ2) is 16.0. The molecule has 0 aliphatic rings. The van der Waals surface area contributed by atoms with Crippen LogP contribution in [0.5, 0.6) is 11.5 Å². The Kier molecular flexibility index (Phi) is 12.5. The molecule has 1 atom stereocenters. The van der Waals surface area contributed by atoms with Gasteiger partial charge in [-0.1, -0.05) is 41.4 Å². The fraction of sp³-hybridized carbons (Fsp3) is 0.310. The average Bonchev–Trinajstić information content (AvgIpc) is 2.90. The van der Waals surface area contributed by atoms with Crippen LogP contribution in [0.25, 0.3) is 0 Å². The Labute approximate surface area is 242 Å². The minimum absolute atomic E-state index is 0.0766. The number of carboxylic acids is 1. The molecule has 1 N–H and O–H groups in total. The molecule has 3 aromatic carbocycles. The van der Waals surface area contributed by atoms with E-state index < -0.39 is 24.0 Å². The molecule has 3 rings (SSSR count). The number of benzene rings is 3. The number of hydrogen-bond donors (Lipinski definition) is 1. The number of hydrogen-bond acceptors (Lipinski definition) is 6. The molecular formula is C29H30Cl2FNO7. The van der Waals surface area contributed by atoms with Crippen molar-refractivity contribution in [1.29, 1.82) is 0 Å². The maximum Gasteiger partial charge on any atom is 0.415 e. The Morgan fingerprint density at radius 1 is 0.925 bits per heavy atom.